The van der Waals surface area contributed by atoms with E-state index in [2.05, 4.69) is 24.4 Å². The number of aromatic nitrogens is 2. The second kappa shape index (κ2) is 9.26. The number of anilines is 1. The number of ether oxygens (including phenoxy) is 1. The van der Waals surface area contributed by atoms with Gasteiger partial charge in [0.15, 0.2) is 0 Å². The van der Waals surface area contributed by atoms with Crippen LogP contribution in [0.2, 0.25) is 0 Å². The van der Waals surface area contributed by atoms with Gasteiger partial charge in [0.1, 0.15) is 17.3 Å². The number of nitrogens with one attached hydrogen (secondary N) is 1. The van der Waals surface area contributed by atoms with E-state index in [1.165, 1.54) is 24.0 Å². The summed E-state index contributed by atoms with van der Waals surface area (Å²) in [6, 6.07) is 4.33. The third-order valence-corrected chi connectivity index (χ3v) is 5.65. The molecular formula is C23H33N3O2. The predicted molar refractivity (Wildman–Crippen MR) is 116 cm³/mol. The van der Waals surface area contributed by atoms with E-state index in [4.69, 9.17) is 9.72 Å². The Bertz CT molecular complexity index is 886. The molecular weight excluding hydrogens is 350 g/mol. The van der Waals surface area contributed by atoms with E-state index in [9.17, 15) is 4.79 Å². The summed E-state index contributed by atoms with van der Waals surface area (Å²) in [7, 11) is 1.69. The summed E-state index contributed by atoms with van der Waals surface area (Å²) in [5.41, 5.74) is 5.02. The lowest BCUT2D eigenvalue weighted by Crippen LogP contribution is -2.27. The molecule has 5 heteroatoms. The molecule has 5 nitrogen and oxygen atoms in total. The van der Waals surface area contributed by atoms with Crippen molar-refractivity contribution >= 4 is 5.69 Å². The van der Waals surface area contributed by atoms with E-state index in [1.807, 2.05) is 13.8 Å². The number of rotatable bonds is 8. The van der Waals surface area contributed by atoms with Gasteiger partial charge in [-0.15, -0.1) is 0 Å². The highest BCUT2D eigenvalue weighted by Crippen LogP contribution is 2.35. The molecule has 0 unspecified atom stereocenters. The van der Waals surface area contributed by atoms with E-state index in [1.54, 1.807) is 11.7 Å². The minimum atomic E-state index is 0.00118. The third-order valence-electron chi connectivity index (χ3n) is 5.65. The molecule has 1 N–H and O–H groups in total. The van der Waals surface area contributed by atoms with Crippen molar-refractivity contribution in [1.82, 2.24) is 9.55 Å². The normalized spacial score (nSPS) is 13.3. The lowest BCUT2D eigenvalue weighted by molar-refractivity contribution is 0.414. The number of unbranched alkanes of at least 4 members (excludes halogenated alkanes) is 2. The van der Waals surface area contributed by atoms with Crippen LogP contribution >= 0.6 is 0 Å². The SMILES string of the molecule is CCCCCNc1c(C)nc(-c2cc3c(cc2OC)CCCC3)n(CC)c1=O. The molecule has 1 aromatic carbocycles. The minimum absolute atomic E-state index is 0.00118. The molecule has 0 aliphatic heterocycles. The second-order valence-corrected chi connectivity index (χ2v) is 7.61. The van der Waals surface area contributed by atoms with Crippen LogP contribution in [0.1, 0.15) is 62.8 Å². The highest BCUT2D eigenvalue weighted by atomic mass is 16.5. The van der Waals surface area contributed by atoms with Gasteiger partial charge >= 0.3 is 0 Å². The molecule has 0 atom stereocenters. The van der Waals surface area contributed by atoms with Gasteiger partial charge in [-0.25, -0.2) is 4.98 Å². The van der Waals surface area contributed by atoms with Gasteiger partial charge in [-0.2, -0.15) is 0 Å². The van der Waals surface area contributed by atoms with Crippen LogP contribution in [0, 0.1) is 6.92 Å². The number of hydrogen-bond donors (Lipinski definition) is 1. The molecule has 28 heavy (non-hydrogen) atoms. The maximum absolute atomic E-state index is 13.2. The molecule has 2 aromatic rings. The van der Waals surface area contributed by atoms with Crippen LogP contribution < -0.4 is 15.6 Å². The summed E-state index contributed by atoms with van der Waals surface area (Å²) in [6.45, 7) is 7.46. The lowest BCUT2D eigenvalue weighted by atomic mass is 9.89. The van der Waals surface area contributed by atoms with Crippen LogP contribution in [0.25, 0.3) is 11.4 Å². The molecule has 1 aliphatic rings. The Balaban J connectivity index is 2.06. The van der Waals surface area contributed by atoms with Gasteiger partial charge in [0, 0.05) is 13.1 Å². The predicted octanol–water partition coefficient (Wildman–Crippen LogP) is 4.73. The molecule has 0 saturated carbocycles. The van der Waals surface area contributed by atoms with Gasteiger partial charge in [-0.05, 0) is 69.2 Å². The van der Waals surface area contributed by atoms with E-state index >= 15 is 0 Å². The fourth-order valence-corrected chi connectivity index (χ4v) is 4.06. The van der Waals surface area contributed by atoms with Gasteiger partial charge in [0.2, 0.25) is 0 Å². The van der Waals surface area contributed by atoms with Crippen LogP contribution in [0.3, 0.4) is 0 Å². The smallest absolute Gasteiger partial charge is 0.277 e. The number of aryl methyl sites for hydroxylation is 3. The Morgan fingerprint density at radius 1 is 1.14 bits per heavy atom. The summed E-state index contributed by atoms with van der Waals surface area (Å²) >= 11 is 0. The fourth-order valence-electron chi connectivity index (χ4n) is 4.06. The van der Waals surface area contributed by atoms with Crippen molar-refractivity contribution in [2.75, 3.05) is 19.0 Å². The standard InChI is InChI=1S/C23H33N3O2/c1-5-7-10-13-24-21-16(3)25-22(26(6-2)23(21)27)19-14-17-11-8-9-12-18(17)15-20(19)28-4/h14-15,24H,5-13H2,1-4H3. The van der Waals surface area contributed by atoms with Gasteiger partial charge in [-0.3, -0.25) is 9.36 Å². The Labute approximate surface area is 168 Å². The molecule has 1 heterocycles. The third kappa shape index (κ3) is 4.08. The molecule has 3 rings (SSSR count). The molecule has 1 aliphatic carbocycles. The zero-order valence-electron chi connectivity index (χ0n) is 17.7. The summed E-state index contributed by atoms with van der Waals surface area (Å²) in [6.07, 6.45) is 8.00. The largest absolute Gasteiger partial charge is 0.496 e. The first-order valence-electron chi connectivity index (χ1n) is 10.7. The molecule has 152 valence electrons. The Morgan fingerprint density at radius 2 is 1.86 bits per heavy atom. The van der Waals surface area contributed by atoms with Crippen molar-refractivity contribution in [2.24, 2.45) is 0 Å². The maximum atomic E-state index is 13.2. The van der Waals surface area contributed by atoms with E-state index < -0.39 is 0 Å². The van der Waals surface area contributed by atoms with Gasteiger partial charge < -0.3 is 10.1 Å². The van der Waals surface area contributed by atoms with Gasteiger partial charge in [0.25, 0.3) is 5.56 Å². The lowest BCUT2D eigenvalue weighted by Gasteiger charge is -2.21. The van der Waals surface area contributed by atoms with Crippen LogP contribution in [0.5, 0.6) is 5.75 Å². The van der Waals surface area contributed by atoms with Gasteiger partial charge in [0.05, 0.1) is 18.4 Å². The van der Waals surface area contributed by atoms with Crippen molar-refractivity contribution in [2.45, 2.75) is 72.3 Å². The zero-order valence-corrected chi connectivity index (χ0v) is 17.7. The summed E-state index contributed by atoms with van der Waals surface area (Å²) in [4.78, 5) is 18.0. The maximum Gasteiger partial charge on any atom is 0.277 e. The number of nitrogens with zero attached hydrogens (tertiary/aromatic N) is 2. The van der Waals surface area contributed by atoms with E-state index in [0.29, 0.717) is 18.1 Å². The van der Waals surface area contributed by atoms with Crippen molar-refractivity contribution < 1.29 is 4.74 Å². The number of methoxy groups -OCH3 is 1. The summed E-state index contributed by atoms with van der Waals surface area (Å²) in [5, 5.41) is 3.32. The fraction of sp³-hybridized carbons (Fsp3) is 0.565. The Kier molecular flexibility index (Phi) is 6.76. The van der Waals surface area contributed by atoms with E-state index in [-0.39, 0.29) is 5.56 Å². The molecule has 0 radical (unpaired) electrons. The Hall–Kier alpha value is -2.30. The molecule has 0 spiro atoms. The van der Waals surface area contributed by atoms with Crippen molar-refractivity contribution in [3.63, 3.8) is 0 Å². The van der Waals surface area contributed by atoms with E-state index in [0.717, 1.165) is 55.7 Å². The first kappa shape index (κ1) is 20.4. The number of hydrogen-bond acceptors (Lipinski definition) is 4. The number of fused-ring (bicyclic) bond motifs is 1. The second-order valence-electron chi connectivity index (χ2n) is 7.61. The highest BCUT2D eigenvalue weighted by Gasteiger charge is 2.20. The van der Waals surface area contributed by atoms with Gasteiger partial charge in [-0.1, -0.05) is 19.8 Å². The molecule has 1 aromatic heterocycles. The average molecular weight is 384 g/mol. The van der Waals surface area contributed by atoms with Crippen LogP contribution in [0.15, 0.2) is 16.9 Å². The van der Waals surface area contributed by atoms with Crippen molar-refractivity contribution in [3.05, 3.63) is 39.3 Å². The van der Waals surface area contributed by atoms with Crippen LogP contribution in [0.4, 0.5) is 5.69 Å². The topological polar surface area (TPSA) is 56.2 Å². The molecule has 0 bridgehead atoms. The van der Waals surface area contributed by atoms with Crippen LogP contribution in [-0.4, -0.2) is 23.2 Å². The zero-order chi connectivity index (χ0) is 20.1. The minimum Gasteiger partial charge on any atom is -0.496 e. The Morgan fingerprint density at radius 3 is 2.50 bits per heavy atom. The first-order chi connectivity index (χ1) is 13.6. The summed E-state index contributed by atoms with van der Waals surface area (Å²) in [5.74, 6) is 1.51. The van der Waals surface area contributed by atoms with Crippen molar-refractivity contribution in [1.29, 1.82) is 0 Å². The number of benzene rings is 1. The molecule has 0 saturated heterocycles. The quantitative estimate of drug-likeness (QED) is 0.670. The van der Waals surface area contributed by atoms with Crippen LogP contribution in [-0.2, 0) is 19.4 Å². The summed E-state index contributed by atoms with van der Waals surface area (Å²) < 4.78 is 7.46. The molecule has 0 fully saturated rings. The highest BCUT2D eigenvalue weighted by molar-refractivity contribution is 5.68. The van der Waals surface area contributed by atoms with Crippen molar-refractivity contribution in [3.8, 4) is 17.1 Å². The monoisotopic (exact) mass is 383 g/mol. The average Bonchev–Trinajstić information content (AvgIpc) is 2.71. The molecule has 0 amide bonds. The first-order valence-corrected chi connectivity index (χ1v) is 10.7.